The molecule has 28 heavy (non-hydrogen) atoms. The minimum atomic E-state index is -0.228. The molecule has 8 heteroatoms. The molecule has 2 aromatic carbocycles. The molecule has 0 unspecified atom stereocenters. The van der Waals surface area contributed by atoms with E-state index in [1.54, 1.807) is 24.4 Å². The molecular weight excluding hydrogens is 394 g/mol. The van der Waals surface area contributed by atoms with E-state index in [-0.39, 0.29) is 5.91 Å². The third-order valence-corrected chi connectivity index (χ3v) is 4.96. The van der Waals surface area contributed by atoms with Gasteiger partial charge in [0.2, 0.25) is 0 Å². The second-order valence-corrected chi connectivity index (χ2v) is 7.03. The highest BCUT2D eigenvalue weighted by Crippen LogP contribution is 2.30. The van der Waals surface area contributed by atoms with E-state index in [1.807, 2.05) is 41.8 Å². The van der Waals surface area contributed by atoms with Crippen LogP contribution in [0, 0.1) is 0 Å². The van der Waals surface area contributed by atoms with Crippen LogP contribution in [-0.4, -0.2) is 20.9 Å². The van der Waals surface area contributed by atoms with Crippen molar-refractivity contribution in [3.05, 3.63) is 83.1 Å². The summed E-state index contributed by atoms with van der Waals surface area (Å²) >= 11 is 7.56. The molecule has 0 bridgehead atoms. The van der Waals surface area contributed by atoms with Gasteiger partial charge in [-0.25, -0.2) is 15.0 Å². The first-order valence-corrected chi connectivity index (χ1v) is 9.60. The van der Waals surface area contributed by atoms with Gasteiger partial charge in [0.05, 0.1) is 5.69 Å². The molecule has 0 radical (unpaired) electrons. The number of nitrogens with zero attached hydrogens (tertiary/aromatic N) is 3. The van der Waals surface area contributed by atoms with E-state index in [0.29, 0.717) is 21.5 Å². The van der Waals surface area contributed by atoms with Gasteiger partial charge in [-0.3, -0.25) is 10.1 Å². The van der Waals surface area contributed by atoms with Gasteiger partial charge in [0.1, 0.15) is 12.1 Å². The molecule has 138 valence electrons. The lowest BCUT2D eigenvalue weighted by molar-refractivity contribution is 0.102. The number of rotatable bonds is 5. The van der Waals surface area contributed by atoms with Crippen molar-refractivity contribution in [3.8, 4) is 11.3 Å². The SMILES string of the molecule is O=C(Nc1nc(-c2ccccc2Cl)cs1)c1ccc(Nc2ccncn2)cc1. The summed E-state index contributed by atoms with van der Waals surface area (Å²) in [5, 5.41) is 8.97. The van der Waals surface area contributed by atoms with Crippen molar-refractivity contribution < 1.29 is 4.79 Å². The van der Waals surface area contributed by atoms with Gasteiger partial charge < -0.3 is 5.32 Å². The summed E-state index contributed by atoms with van der Waals surface area (Å²) in [7, 11) is 0. The molecule has 0 aliphatic heterocycles. The monoisotopic (exact) mass is 407 g/mol. The van der Waals surface area contributed by atoms with Crippen molar-refractivity contribution >= 4 is 45.5 Å². The number of hydrogen-bond donors (Lipinski definition) is 2. The van der Waals surface area contributed by atoms with Gasteiger partial charge in [0.25, 0.3) is 5.91 Å². The molecular formula is C20H14ClN5OS. The van der Waals surface area contributed by atoms with Crippen molar-refractivity contribution in [1.82, 2.24) is 15.0 Å². The average molecular weight is 408 g/mol. The van der Waals surface area contributed by atoms with E-state index in [1.165, 1.54) is 17.7 Å². The molecule has 0 atom stereocenters. The fourth-order valence-corrected chi connectivity index (χ4v) is 3.45. The highest BCUT2D eigenvalue weighted by molar-refractivity contribution is 7.14. The van der Waals surface area contributed by atoms with Crippen molar-refractivity contribution in [3.63, 3.8) is 0 Å². The molecule has 0 saturated carbocycles. The Labute approximate surface area is 170 Å². The maximum atomic E-state index is 12.5. The Morgan fingerprint density at radius 3 is 2.61 bits per heavy atom. The van der Waals surface area contributed by atoms with Crippen LogP contribution >= 0.6 is 22.9 Å². The highest BCUT2D eigenvalue weighted by atomic mass is 35.5. The lowest BCUT2D eigenvalue weighted by Crippen LogP contribution is -2.11. The van der Waals surface area contributed by atoms with Gasteiger partial charge in [-0.15, -0.1) is 11.3 Å². The van der Waals surface area contributed by atoms with Crippen LogP contribution in [-0.2, 0) is 0 Å². The quantitative estimate of drug-likeness (QED) is 0.472. The van der Waals surface area contributed by atoms with Gasteiger partial charge >= 0.3 is 0 Å². The summed E-state index contributed by atoms with van der Waals surface area (Å²) in [5.74, 6) is 0.454. The maximum Gasteiger partial charge on any atom is 0.257 e. The van der Waals surface area contributed by atoms with Crippen molar-refractivity contribution in [2.24, 2.45) is 0 Å². The largest absolute Gasteiger partial charge is 0.340 e. The number of amides is 1. The smallest absolute Gasteiger partial charge is 0.257 e. The fourth-order valence-electron chi connectivity index (χ4n) is 2.51. The summed E-state index contributed by atoms with van der Waals surface area (Å²) in [6.45, 7) is 0. The minimum Gasteiger partial charge on any atom is -0.340 e. The topological polar surface area (TPSA) is 79.8 Å². The number of aromatic nitrogens is 3. The zero-order valence-electron chi connectivity index (χ0n) is 14.5. The van der Waals surface area contributed by atoms with Crippen LogP contribution < -0.4 is 10.6 Å². The van der Waals surface area contributed by atoms with E-state index in [0.717, 1.165) is 16.9 Å². The lowest BCUT2D eigenvalue weighted by atomic mass is 10.2. The Balaban J connectivity index is 1.43. The Kier molecular flexibility index (Phi) is 5.27. The standard InChI is InChI=1S/C20H14ClN5OS/c21-16-4-2-1-3-15(16)17-11-28-20(25-17)26-19(27)13-5-7-14(8-6-13)24-18-9-10-22-12-23-18/h1-12H,(H,22,23,24)(H,25,26,27). The van der Waals surface area contributed by atoms with Crippen molar-refractivity contribution in [2.45, 2.75) is 0 Å². The predicted molar refractivity (Wildman–Crippen MR) is 112 cm³/mol. The molecule has 1 amide bonds. The summed E-state index contributed by atoms with van der Waals surface area (Å²) in [5.41, 5.74) is 2.92. The lowest BCUT2D eigenvalue weighted by Gasteiger charge is -2.06. The second-order valence-electron chi connectivity index (χ2n) is 5.77. The minimum absolute atomic E-state index is 0.228. The third-order valence-electron chi connectivity index (χ3n) is 3.88. The summed E-state index contributed by atoms with van der Waals surface area (Å²) < 4.78 is 0. The predicted octanol–water partition coefficient (Wildman–Crippen LogP) is 5.25. The highest BCUT2D eigenvalue weighted by Gasteiger charge is 2.11. The van der Waals surface area contributed by atoms with E-state index in [4.69, 9.17) is 11.6 Å². The number of carbonyl (C=O) groups is 1. The normalized spacial score (nSPS) is 10.5. The van der Waals surface area contributed by atoms with Crippen LogP contribution in [0.2, 0.25) is 5.02 Å². The Bertz CT molecular complexity index is 1100. The van der Waals surface area contributed by atoms with Crippen LogP contribution in [0.5, 0.6) is 0 Å². The molecule has 4 aromatic rings. The molecule has 6 nitrogen and oxygen atoms in total. The number of halogens is 1. The van der Waals surface area contributed by atoms with Crippen LogP contribution in [0.1, 0.15) is 10.4 Å². The van der Waals surface area contributed by atoms with E-state index in [2.05, 4.69) is 25.6 Å². The first-order chi connectivity index (χ1) is 13.7. The number of anilines is 3. The van der Waals surface area contributed by atoms with Gasteiger partial charge in [-0.2, -0.15) is 0 Å². The Hall–Kier alpha value is -3.29. The van der Waals surface area contributed by atoms with Gasteiger partial charge in [-0.1, -0.05) is 29.8 Å². The molecule has 0 spiro atoms. The fraction of sp³-hybridized carbons (Fsp3) is 0. The third kappa shape index (κ3) is 4.16. The zero-order chi connectivity index (χ0) is 19.3. The molecule has 4 rings (SSSR count). The van der Waals surface area contributed by atoms with E-state index < -0.39 is 0 Å². The van der Waals surface area contributed by atoms with Gasteiger partial charge in [0.15, 0.2) is 5.13 Å². The zero-order valence-corrected chi connectivity index (χ0v) is 16.0. The second kappa shape index (κ2) is 8.16. The molecule has 0 aliphatic carbocycles. The summed E-state index contributed by atoms with van der Waals surface area (Å²) in [6, 6.07) is 16.3. The number of benzene rings is 2. The molecule has 0 aliphatic rings. The molecule has 2 heterocycles. The molecule has 2 aromatic heterocycles. The van der Waals surface area contributed by atoms with Crippen molar-refractivity contribution in [1.29, 1.82) is 0 Å². The molecule has 0 fully saturated rings. The number of thiazole rings is 1. The first-order valence-electron chi connectivity index (χ1n) is 8.34. The summed E-state index contributed by atoms with van der Waals surface area (Å²) in [6.07, 6.45) is 3.12. The Morgan fingerprint density at radius 1 is 1.04 bits per heavy atom. The number of carbonyl (C=O) groups excluding carboxylic acids is 1. The van der Waals surface area contributed by atoms with Crippen LogP contribution in [0.15, 0.2) is 72.5 Å². The maximum absolute atomic E-state index is 12.5. The van der Waals surface area contributed by atoms with Gasteiger partial charge in [0, 0.05) is 33.4 Å². The van der Waals surface area contributed by atoms with Crippen LogP contribution in [0.3, 0.4) is 0 Å². The van der Waals surface area contributed by atoms with Gasteiger partial charge in [-0.05, 0) is 36.4 Å². The number of nitrogens with one attached hydrogen (secondary N) is 2. The molecule has 2 N–H and O–H groups in total. The Morgan fingerprint density at radius 2 is 1.86 bits per heavy atom. The van der Waals surface area contributed by atoms with E-state index >= 15 is 0 Å². The summed E-state index contributed by atoms with van der Waals surface area (Å²) in [4.78, 5) is 24.9. The molecule has 0 saturated heterocycles. The van der Waals surface area contributed by atoms with Crippen LogP contribution in [0.4, 0.5) is 16.6 Å². The number of hydrogen-bond acceptors (Lipinski definition) is 6. The van der Waals surface area contributed by atoms with E-state index in [9.17, 15) is 4.79 Å². The van der Waals surface area contributed by atoms with Crippen molar-refractivity contribution in [2.75, 3.05) is 10.6 Å². The first kappa shape index (κ1) is 18.1. The van der Waals surface area contributed by atoms with Crippen LogP contribution in [0.25, 0.3) is 11.3 Å². The average Bonchev–Trinajstić information content (AvgIpc) is 3.18.